The van der Waals surface area contributed by atoms with Gasteiger partial charge in [0.1, 0.15) is 6.10 Å². The molecule has 17 heavy (non-hydrogen) atoms. The van der Waals surface area contributed by atoms with Crippen LogP contribution in [0.1, 0.15) is 26.7 Å². The molecule has 100 valence electrons. The van der Waals surface area contributed by atoms with Crippen LogP contribution in [0.4, 0.5) is 0 Å². The number of esters is 1. The zero-order valence-corrected chi connectivity index (χ0v) is 11.2. The van der Waals surface area contributed by atoms with Crippen LogP contribution in [-0.4, -0.2) is 38.5 Å². The Labute approximate surface area is 103 Å². The van der Waals surface area contributed by atoms with Gasteiger partial charge in [-0.25, -0.2) is 8.42 Å². The lowest BCUT2D eigenvalue weighted by atomic mass is 9.94. The van der Waals surface area contributed by atoms with Crippen molar-refractivity contribution in [3.63, 3.8) is 0 Å². The van der Waals surface area contributed by atoms with E-state index in [9.17, 15) is 13.2 Å². The number of nitrogens with two attached hydrogens (primary N) is 1. The predicted octanol–water partition coefficient (Wildman–Crippen LogP) is 0.338. The second kappa shape index (κ2) is 5.82. The van der Waals surface area contributed by atoms with Crippen LogP contribution in [-0.2, 0) is 19.4 Å². The van der Waals surface area contributed by atoms with Crippen LogP contribution in [0.2, 0.25) is 0 Å². The van der Waals surface area contributed by atoms with E-state index in [1.54, 1.807) is 0 Å². The van der Waals surface area contributed by atoms with Crippen LogP contribution in [0.25, 0.3) is 0 Å². The number of sulfone groups is 1. The zero-order chi connectivity index (χ0) is 13.1. The van der Waals surface area contributed by atoms with Gasteiger partial charge in [0.15, 0.2) is 9.84 Å². The Bertz CT molecular complexity index is 352. The molecule has 0 aromatic heterocycles. The van der Waals surface area contributed by atoms with Crippen molar-refractivity contribution in [1.82, 2.24) is 0 Å². The first-order chi connectivity index (χ1) is 7.82. The number of hydrogen-bond acceptors (Lipinski definition) is 5. The van der Waals surface area contributed by atoms with Crippen molar-refractivity contribution in [2.24, 2.45) is 17.6 Å². The number of hydrogen-bond donors (Lipinski definition) is 1. The zero-order valence-electron chi connectivity index (χ0n) is 10.4. The average Bonchev–Trinajstić information content (AvgIpc) is 2.12. The maximum absolute atomic E-state index is 11.5. The van der Waals surface area contributed by atoms with E-state index in [1.165, 1.54) is 0 Å². The molecule has 1 saturated heterocycles. The molecular weight excluding hydrogens is 242 g/mol. The Morgan fingerprint density at radius 3 is 2.41 bits per heavy atom. The summed E-state index contributed by atoms with van der Waals surface area (Å²) in [5, 5.41) is 0. The molecule has 0 spiro atoms. The van der Waals surface area contributed by atoms with Crippen LogP contribution >= 0.6 is 0 Å². The fourth-order valence-electron chi connectivity index (χ4n) is 1.98. The number of ether oxygens (including phenoxy) is 1. The van der Waals surface area contributed by atoms with E-state index >= 15 is 0 Å². The standard InChI is InChI=1S/C11H21NO4S/c1-8(2)3-9(5-12)4-11(13)16-10-6-17(14,15)7-10/h8-10H,3-7,12H2,1-2H3/t9-/m0/s1. The van der Waals surface area contributed by atoms with Crippen molar-refractivity contribution in [2.75, 3.05) is 18.1 Å². The quantitative estimate of drug-likeness (QED) is 0.698. The highest BCUT2D eigenvalue weighted by molar-refractivity contribution is 7.92. The molecule has 1 fully saturated rings. The molecule has 1 rings (SSSR count). The smallest absolute Gasteiger partial charge is 0.306 e. The van der Waals surface area contributed by atoms with Crippen molar-refractivity contribution in [2.45, 2.75) is 32.8 Å². The number of rotatable bonds is 6. The highest BCUT2D eigenvalue weighted by Gasteiger charge is 2.36. The Morgan fingerprint density at radius 1 is 1.41 bits per heavy atom. The van der Waals surface area contributed by atoms with E-state index in [-0.39, 0.29) is 29.8 Å². The monoisotopic (exact) mass is 263 g/mol. The second-order valence-electron chi connectivity index (χ2n) is 5.12. The lowest BCUT2D eigenvalue weighted by Crippen LogP contribution is -2.44. The van der Waals surface area contributed by atoms with Gasteiger partial charge in [-0.3, -0.25) is 4.79 Å². The first-order valence-corrected chi connectivity index (χ1v) is 7.74. The number of carbonyl (C=O) groups excluding carboxylic acids is 1. The average molecular weight is 263 g/mol. The van der Waals surface area contributed by atoms with Gasteiger partial charge in [-0.15, -0.1) is 0 Å². The molecule has 1 heterocycles. The third-order valence-electron chi connectivity index (χ3n) is 2.77. The van der Waals surface area contributed by atoms with E-state index in [4.69, 9.17) is 10.5 Å². The van der Waals surface area contributed by atoms with E-state index < -0.39 is 15.9 Å². The minimum Gasteiger partial charge on any atom is -0.460 e. The van der Waals surface area contributed by atoms with Gasteiger partial charge >= 0.3 is 5.97 Å². The van der Waals surface area contributed by atoms with Gasteiger partial charge < -0.3 is 10.5 Å². The molecule has 5 nitrogen and oxygen atoms in total. The largest absolute Gasteiger partial charge is 0.460 e. The maximum Gasteiger partial charge on any atom is 0.306 e. The minimum absolute atomic E-state index is 0.0315. The van der Waals surface area contributed by atoms with Crippen LogP contribution in [0, 0.1) is 11.8 Å². The highest BCUT2D eigenvalue weighted by atomic mass is 32.2. The van der Waals surface area contributed by atoms with E-state index in [0.717, 1.165) is 6.42 Å². The molecule has 1 aliphatic rings. The molecule has 0 unspecified atom stereocenters. The SMILES string of the molecule is CC(C)C[C@H](CN)CC(=O)OC1CS(=O)(=O)C1. The van der Waals surface area contributed by atoms with Crippen molar-refractivity contribution < 1.29 is 17.9 Å². The summed E-state index contributed by atoms with van der Waals surface area (Å²) in [6.07, 6.45) is 0.727. The van der Waals surface area contributed by atoms with Crippen LogP contribution < -0.4 is 5.73 Å². The molecule has 0 aromatic rings. The van der Waals surface area contributed by atoms with Gasteiger partial charge in [-0.05, 0) is 24.8 Å². The summed E-state index contributed by atoms with van der Waals surface area (Å²) in [6.45, 7) is 4.61. The Hall–Kier alpha value is -0.620. The van der Waals surface area contributed by atoms with Gasteiger partial charge in [0.2, 0.25) is 0 Å². The Kier molecular flexibility index (Phi) is 4.94. The first-order valence-electron chi connectivity index (χ1n) is 5.92. The van der Waals surface area contributed by atoms with Crippen LogP contribution in [0.5, 0.6) is 0 Å². The summed E-state index contributed by atoms with van der Waals surface area (Å²) in [5.74, 6) is 0.215. The molecule has 0 amide bonds. The molecule has 6 heteroatoms. The fraction of sp³-hybridized carbons (Fsp3) is 0.909. The van der Waals surface area contributed by atoms with Crippen molar-refractivity contribution >= 4 is 15.8 Å². The molecule has 0 aromatic carbocycles. The van der Waals surface area contributed by atoms with E-state index in [0.29, 0.717) is 12.5 Å². The summed E-state index contributed by atoms with van der Waals surface area (Å²) >= 11 is 0. The van der Waals surface area contributed by atoms with Crippen molar-refractivity contribution in [3.8, 4) is 0 Å². The molecular formula is C11H21NO4S. The second-order valence-corrected chi connectivity index (χ2v) is 7.28. The summed E-state index contributed by atoms with van der Waals surface area (Å²) in [6, 6.07) is 0. The molecule has 0 radical (unpaired) electrons. The summed E-state index contributed by atoms with van der Waals surface area (Å²) in [7, 11) is -2.93. The maximum atomic E-state index is 11.5. The van der Waals surface area contributed by atoms with Crippen molar-refractivity contribution in [1.29, 1.82) is 0 Å². The first kappa shape index (κ1) is 14.4. The van der Waals surface area contributed by atoms with Gasteiger partial charge in [-0.2, -0.15) is 0 Å². The van der Waals surface area contributed by atoms with Gasteiger partial charge in [0.25, 0.3) is 0 Å². The van der Waals surface area contributed by atoms with Gasteiger partial charge in [0.05, 0.1) is 11.5 Å². The molecule has 1 aliphatic heterocycles. The van der Waals surface area contributed by atoms with Gasteiger partial charge in [-0.1, -0.05) is 13.8 Å². The fourth-order valence-corrected chi connectivity index (χ4v) is 3.16. The minimum atomic E-state index is -2.93. The molecule has 0 saturated carbocycles. The third-order valence-corrected chi connectivity index (χ3v) is 4.53. The normalized spacial score (nSPS) is 20.9. The van der Waals surface area contributed by atoms with Gasteiger partial charge in [0, 0.05) is 6.42 Å². The van der Waals surface area contributed by atoms with Crippen LogP contribution in [0.15, 0.2) is 0 Å². The lowest BCUT2D eigenvalue weighted by Gasteiger charge is -2.26. The highest BCUT2D eigenvalue weighted by Crippen LogP contribution is 2.18. The Balaban J connectivity index is 2.29. The van der Waals surface area contributed by atoms with E-state index in [2.05, 4.69) is 13.8 Å². The van der Waals surface area contributed by atoms with Crippen LogP contribution in [0.3, 0.4) is 0 Å². The van der Waals surface area contributed by atoms with Crippen molar-refractivity contribution in [3.05, 3.63) is 0 Å². The topological polar surface area (TPSA) is 86.5 Å². The molecule has 1 atom stereocenters. The van der Waals surface area contributed by atoms with E-state index in [1.807, 2.05) is 0 Å². The summed E-state index contributed by atoms with van der Waals surface area (Å²) < 4.78 is 26.8. The summed E-state index contributed by atoms with van der Waals surface area (Å²) in [5.41, 5.74) is 5.59. The predicted molar refractivity (Wildman–Crippen MR) is 65.2 cm³/mol. The molecule has 0 aliphatic carbocycles. The third kappa shape index (κ3) is 5.04. The lowest BCUT2D eigenvalue weighted by molar-refractivity contribution is -0.148. The Morgan fingerprint density at radius 2 is 2.00 bits per heavy atom. The summed E-state index contributed by atoms with van der Waals surface area (Å²) in [4.78, 5) is 11.5. The number of carbonyl (C=O) groups is 1. The molecule has 0 bridgehead atoms. The molecule has 2 N–H and O–H groups in total.